The normalized spacial score (nSPS) is 20.0. The first-order valence-electron chi connectivity index (χ1n) is 14.9. The molecule has 2 fully saturated rings. The molecule has 0 amide bonds. The Kier molecular flexibility index (Phi) is 7.27. The van der Waals surface area contributed by atoms with Crippen molar-refractivity contribution in [1.82, 2.24) is 24.8 Å². The summed E-state index contributed by atoms with van der Waals surface area (Å²) < 4.78 is 34.9. The largest absolute Gasteiger partial charge is 0.489 e. The van der Waals surface area contributed by atoms with Crippen LogP contribution in [0.1, 0.15) is 12.8 Å². The molecule has 4 aromatic rings. The number of nitrogens with zero attached hydrogens (tertiary/aromatic N) is 5. The summed E-state index contributed by atoms with van der Waals surface area (Å²) >= 11 is 0. The zero-order chi connectivity index (χ0) is 29.7. The molecule has 10 nitrogen and oxygen atoms in total. The summed E-state index contributed by atoms with van der Waals surface area (Å²) in [6.45, 7) is 8.88. The summed E-state index contributed by atoms with van der Waals surface area (Å²) in [6.07, 6.45) is 4.16. The van der Waals surface area contributed by atoms with E-state index in [1.54, 1.807) is 19.5 Å². The lowest BCUT2D eigenvalue weighted by atomic mass is 10.00. The van der Waals surface area contributed by atoms with Gasteiger partial charge in [-0.25, -0.2) is 4.39 Å². The molecule has 12 heteroatoms. The summed E-state index contributed by atoms with van der Waals surface area (Å²) in [5.41, 5.74) is 2.38. The first-order valence-corrected chi connectivity index (χ1v) is 17.5. The number of para-hydroxylation sites is 1. The molecule has 3 aliphatic rings. The number of likely N-dealkylation sites (tertiary alicyclic amines) is 1. The standard InChI is InChI=1S/C31H38FN8O2P/c1-38-12-9-21(10-13-38)39-14-15-40-22(18-39)19-42-26-17-20(16-24(32)28(26)40)34-31-36-29-23(8-11-33-29)30(37-31)35-25-6-4-5-7-27(25)43(2,3)41/h4-8,11,16-17,21-22H,9-10,12-15,18-19H2,1-3H3,(H3,33,34,35,36,37)/t22-/m1/s1. The quantitative estimate of drug-likeness (QED) is 0.268. The van der Waals surface area contributed by atoms with Crippen molar-refractivity contribution >= 4 is 52.3 Å². The van der Waals surface area contributed by atoms with E-state index in [4.69, 9.17) is 9.72 Å². The number of ether oxygens (including phenoxy) is 1. The van der Waals surface area contributed by atoms with Crippen LogP contribution in [0.15, 0.2) is 48.7 Å². The van der Waals surface area contributed by atoms with Crippen molar-refractivity contribution in [3.63, 3.8) is 0 Å². The van der Waals surface area contributed by atoms with Crippen LogP contribution in [-0.2, 0) is 4.57 Å². The number of rotatable bonds is 6. The smallest absolute Gasteiger partial charge is 0.231 e. The topological polar surface area (TPSA) is 102 Å². The number of nitrogens with one attached hydrogen (secondary N) is 3. The fourth-order valence-corrected chi connectivity index (χ4v) is 7.78. The van der Waals surface area contributed by atoms with Crippen LogP contribution in [-0.4, -0.2) is 96.5 Å². The fraction of sp³-hybridized carbons (Fsp3) is 0.419. The Morgan fingerprint density at radius 3 is 2.65 bits per heavy atom. The van der Waals surface area contributed by atoms with Gasteiger partial charge in [0.1, 0.15) is 36.7 Å². The molecule has 0 unspecified atom stereocenters. The molecule has 0 spiro atoms. The van der Waals surface area contributed by atoms with Crippen LogP contribution in [0.3, 0.4) is 0 Å². The maximum atomic E-state index is 15.8. The van der Waals surface area contributed by atoms with Crippen LogP contribution in [0.25, 0.3) is 11.0 Å². The van der Waals surface area contributed by atoms with Crippen molar-refractivity contribution in [3.05, 3.63) is 54.5 Å². The minimum atomic E-state index is -2.54. The number of aromatic amines is 1. The van der Waals surface area contributed by atoms with E-state index in [-0.39, 0.29) is 11.9 Å². The Morgan fingerprint density at radius 2 is 1.84 bits per heavy atom. The van der Waals surface area contributed by atoms with Crippen LogP contribution in [0, 0.1) is 5.82 Å². The molecule has 0 bridgehead atoms. The maximum Gasteiger partial charge on any atom is 0.231 e. The number of hydrogen-bond donors (Lipinski definition) is 3. The van der Waals surface area contributed by atoms with Gasteiger partial charge in [0.15, 0.2) is 5.82 Å². The highest BCUT2D eigenvalue weighted by Gasteiger charge is 2.37. The number of anilines is 5. The second kappa shape index (κ2) is 11.1. The Labute approximate surface area is 251 Å². The van der Waals surface area contributed by atoms with Crippen molar-refractivity contribution in [2.45, 2.75) is 24.9 Å². The molecule has 0 radical (unpaired) electrons. The third-order valence-electron chi connectivity index (χ3n) is 8.87. The highest BCUT2D eigenvalue weighted by Crippen LogP contribution is 2.41. The van der Waals surface area contributed by atoms with Gasteiger partial charge in [0.05, 0.1) is 17.1 Å². The molecule has 3 N–H and O–H groups in total. The van der Waals surface area contributed by atoms with Crippen molar-refractivity contribution in [2.75, 3.05) is 75.2 Å². The molecule has 5 heterocycles. The number of piperazine rings is 1. The third kappa shape index (κ3) is 5.57. The molecule has 226 valence electrons. The zero-order valence-electron chi connectivity index (χ0n) is 24.8. The Morgan fingerprint density at radius 1 is 1.02 bits per heavy atom. The van der Waals surface area contributed by atoms with Crippen LogP contribution >= 0.6 is 7.14 Å². The van der Waals surface area contributed by atoms with Gasteiger partial charge in [0, 0.05) is 48.9 Å². The van der Waals surface area contributed by atoms with Gasteiger partial charge >= 0.3 is 0 Å². The average molecular weight is 605 g/mol. The highest BCUT2D eigenvalue weighted by molar-refractivity contribution is 7.70. The minimum absolute atomic E-state index is 0.130. The second-order valence-corrected chi connectivity index (χ2v) is 15.4. The SMILES string of the molecule is CN1CCC(N2CCN3c4c(F)cc(Nc5nc(Nc6ccccc6P(C)(C)=O)c6cc[nH]c6n5)cc4OC[C@H]3C2)CC1. The molecular weight excluding hydrogens is 566 g/mol. The van der Waals surface area contributed by atoms with Crippen LogP contribution in [0.5, 0.6) is 5.75 Å². The molecule has 2 aromatic heterocycles. The van der Waals surface area contributed by atoms with E-state index in [0.29, 0.717) is 47.2 Å². The molecule has 0 aliphatic carbocycles. The zero-order valence-corrected chi connectivity index (χ0v) is 25.7. The van der Waals surface area contributed by atoms with Gasteiger partial charge in [-0.1, -0.05) is 12.1 Å². The lowest BCUT2D eigenvalue weighted by Gasteiger charge is -2.48. The third-order valence-corrected chi connectivity index (χ3v) is 10.4. The fourth-order valence-electron chi connectivity index (χ4n) is 6.63. The lowest BCUT2D eigenvalue weighted by molar-refractivity contribution is 0.0863. The molecule has 3 aliphatic heterocycles. The van der Waals surface area contributed by atoms with Crippen molar-refractivity contribution < 1.29 is 13.7 Å². The average Bonchev–Trinajstić information content (AvgIpc) is 3.46. The van der Waals surface area contributed by atoms with Crippen molar-refractivity contribution in [1.29, 1.82) is 0 Å². The number of benzene rings is 2. The molecule has 43 heavy (non-hydrogen) atoms. The predicted molar refractivity (Wildman–Crippen MR) is 171 cm³/mol. The molecule has 7 rings (SSSR count). The highest BCUT2D eigenvalue weighted by atomic mass is 31.2. The predicted octanol–water partition coefficient (Wildman–Crippen LogP) is 4.81. The van der Waals surface area contributed by atoms with Crippen molar-refractivity contribution in [3.8, 4) is 5.75 Å². The molecular formula is C31H38FN8O2P. The van der Waals surface area contributed by atoms with Gasteiger partial charge in [-0.05, 0) is 70.6 Å². The molecule has 2 saturated heterocycles. The van der Waals surface area contributed by atoms with E-state index in [1.165, 1.54) is 18.9 Å². The van der Waals surface area contributed by atoms with Gasteiger partial charge < -0.3 is 34.7 Å². The van der Waals surface area contributed by atoms with E-state index in [9.17, 15) is 4.57 Å². The van der Waals surface area contributed by atoms with Gasteiger partial charge in [0.2, 0.25) is 5.95 Å². The van der Waals surface area contributed by atoms with E-state index < -0.39 is 7.14 Å². The first kappa shape index (κ1) is 28.1. The minimum Gasteiger partial charge on any atom is -0.489 e. The van der Waals surface area contributed by atoms with E-state index in [0.717, 1.165) is 49.1 Å². The number of hydrogen-bond acceptors (Lipinski definition) is 9. The summed E-state index contributed by atoms with van der Waals surface area (Å²) in [6, 6.07) is 13.5. The number of aromatic nitrogens is 3. The summed E-state index contributed by atoms with van der Waals surface area (Å²) in [5.74, 6) is 1.05. The van der Waals surface area contributed by atoms with Gasteiger partial charge in [0.25, 0.3) is 0 Å². The monoisotopic (exact) mass is 604 g/mol. The summed E-state index contributed by atoms with van der Waals surface area (Å²) in [4.78, 5) is 19.6. The number of H-pyrrole nitrogens is 1. The number of halogens is 1. The molecule has 1 atom stereocenters. The summed E-state index contributed by atoms with van der Waals surface area (Å²) in [7, 11) is -0.354. The van der Waals surface area contributed by atoms with Gasteiger partial charge in [-0.2, -0.15) is 9.97 Å². The van der Waals surface area contributed by atoms with Crippen LogP contribution in [0.2, 0.25) is 0 Å². The van der Waals surface area contributed by atoms with E-state index in [2.05, 4.69) is 42.3 Å². The number of fused-ring (bicyclic) bond motifs is 4. The van der Waals surface area contributed by atoms with Gasteiger partial charge in [-0.3, -0.25) is 4.90 Å². The van der Waals surface area contributed by atoms with Gasteiger partial charge in [-0.15, -0.1) is 0 Å². The maximum absolute atomic E-state index is 15.8. The first-order chi connectivity index (χ1) is 20.7. The summed E-state index contributed by atoms with van der Waals surface area (Å²) in [5, 5.41) is 8.07. The van der Waals surface area contributed by atoms with Crippen molar-refractivity contribution in [2.24, 2.45) is 0 Å². The van der Waals surface area contributed by atoms with Crippen LogP contribution in [0.4, 0.5) is 33.2 Å². The Hall–Kier alpha value is -3.66. The molecule has 2 aromatic carbocycles. The van der Waals surface area contributed by atoms with E-state index >= 15 is 4.39 Å². The molecule has 0 saturated carbocycles. The Bertz CT molecular complexity index is 1700. The second-order valence-electron chi connectivity index (χ2n) is 12.2. The lowest BCUT2D eigenvalue weighted by Crippen LogP contribution is -2.60. The van der Waals surface area contributed by atoms with E-state index in [1.807, 2.05) is 36.4 Å². The van der Waals surface area contributed by atoms with Crippen LogP contribution < -0.4 is 25.6 Å². The number of piperidine rings is 1. The Balaban J connectivity index is 1.12.